The van der Waals surface area contributed by atoms with E-state index in [0.717, 1.165) is 6.07 Å². The van der Waals surface area contributed by atoms with E-state index < -0.39 is 70.3 Å². The molecule has 0 aromatic heterocycles. The van der Waals surface area contributed by atoms with Gasteiger partial charge in [-0.25, -0.2) is 14.4 Å². The second-order valence-electron chi connectivity index (χ2n) is 7.55. The number of aliphatic carboxylic acids is 3. The van der Waals surface area contributed by atoms with Crippen LogP contribution < -0.4 is 0 Å². The van der Waals surface area contributed by atoms with Gasteiger partial charge in [0.1, 0.15) is 0 Å². The molecule has 34 heavy (non-hydrogen) atoms. The Kier molecular flexibility index (Phi) is 7.90. The summed E-state index contributed by atoms with van der Waals surface area (Å²) >= 11 is 0. The Morgan fingerprint density at radius 1 is 0.647 bits per heavy atom. The van der Waals surface area contributed by atoms with Gasteiger partial charge in [0.25, 0.3) is 0 Å². The lowest BCUT2D eigenvalue weighted by molar-refractivity contribution is -0.159. The monoisotopic (exact) mass is 476 g/mol. The summed E-state index contributed by atoms with van der Waals surface area (Å²) in [7, 11) is 0. The summed E-state index contributed by atoms with van der Waals surface area (Å²) in [6.45, 7) is 0. The quantitative estimate of drug-likeness (QED) is 0.353. The minimum Gasteiger partial charge on any atom is -0.481 e. The number of aromatic carboxylic acids is 3. The van der Waals surface area contributed by atoms with Gasteiger partial charge in [-0.05, 0) is 36.1 Å². The fraction of sp³-hybridized carbons (Fsp3) is 0.273. The van der Waals surface area contributed by atoms with Gasteiger partial charge in [-0.2, -0.15) is 0 Å². The molecular formula is C22H20O12. The van der Waals surface area contributed by atoms with Crippen molar-refractivity contribution in [2.45, 2.75) is 19.3 Å². The Bertz CT molecular complexity index is 1180. The third-order valence-corrected chi connectivity index (χ3v) is 5.54. The van der Waals surface area contributed by atoms with E-state index in [1.54, 1.807) is 12.1 Å². The molecule has 6 N–H and O–H groups in total. The van der Waals surface area contributed by atoms with Crippen LogP contribution in [0.4, 0.5) is 0 Å². The number of carbonyl (C=O) groups is 6. The lowest BCUT2D eigenvalue weighted by atomic mass is 9.74. The highest BCUT2D eigenvalue weighted by Crippen LogP contribution is 2.34. The first-order chi connectivity index (χ1) is 15.9. The van der Waals surface area contributed by atoms with Crippen molar-refractivity contribution < 1.29 is 59.4 Å². The zero-order chi connectivity index (χ0) is 25.7. The first kappa shape index (κ1) is 25.8. The predicted octanol–water partition coefficient (Wildman–Crippen LogP) is 2.21. The summed E-state index contributed by atoms with van der Waals surface area (Å²) < 4.78 is 0. The Morgan fingerprint density at radius 2 is 1.21 bits per heavy atom. The maximum absolute atomic E-state index is 11.3. The third-order valence-electron chi connectivity index (χ3n) is 5.54. The van der Waals surface area contributed by atoms with Crippen molar-refractivity contribution in [2.24, 2.45) is 17.8 Å². The zero-order valence-corrected chi connectivity index (χ0v) is 17.4. The first-order valence-electron chi connectivity index (χ1n) is 9.80. The highest BCUT2D eigenvalue weighted by molar-refractivity contribution is 6.16. The Balaban J connectivity index is 0.000000248. The minimum absolute atomic E-state index is 0.0956. The second kappa shape index (κ2) is 10.4. The van der Waals surface area contributed by atoms with Crippen LogP contribution in [0.2, 0.25) is 0 Å². The fourth-order valence-electron chi connectivity index (χ4n) is 3.92. The van der Waals surface area contributed by atoms with Gasteiger partial charge in [-0.15, -0.1) is 0 Å². The van der Waals surface area contributed by atoms with Gasteiger partial charge in [-0.1, -0.05) is 24.3 Å². The van der Waals surface area contributed by atoms with E-state index in [1.807, 2.05) is 0 Å². The van der Waals surface area contributed by atoms with E-state index >= 15 is 0 Å². The SMILES string of the molecule is O=C(O)C1CCC(C(=O)O)C(C(=O)O)C1.O=C(O)c1cc2ccccc2c(C(=O)O)c1C(=O)O. The summed E-state index contributed by atoms with van der Waals surface area (Å²) in [5.74, 6) is -10.8. The molecule has 2 aromatic rings. The largest absolute Gasteiger partial charge is 0.481 e. The van der Waals surface area contributed by atoms with E-state index in [-0.39, 0.29) is 24.6 Å². The normalized spacial score (nSPS) is 19.4. The lowest BCUT2D eigenvalue weighted by Gasteiger charge is -2.29. The molecule has 1 saturated carbocycles. The van der Waals surface area contributed by atoms with E-state index in [2.05, 4.69) is 0 Å². The van der Waals surface area contributed by atoms with E-state index in [1.165, 1.54) is 12.1 Å². The topological polar surface area (TPSA) is 224 Å². The zero-order valence-electron chi connectivity index (χ0n) is 17.4. The Morgan fingerprint density at radius 3 is 1.68 bits per heavy atom. The van der Waals surface area contributed by atoms with E-state index in [4.69, 9.17) is 30.6 Å². The number of fused-ring (bicyclic) bond motifs is 1. The van der Waals surface area contributed by atoms with Crippen molar-refractivity contribution in [1.82, 2.24) is 0 Å². The average Bonchev–Trinajstić information content (AvgIpc) is 2.77. The summed E-state index contributed by atoms with van der Waals surface area (Å²) in [5.41, 5.74) is -1.76. The molecule has 12 heteroatoms. The molecule has 0 heterocycles. The van der Waals surface area contributed by atoms with Crippen LogP contribution in [0.15, 0.2) is 30.3 Å². The summed E-state index contributed by atoms with van der Waals surface area (Å²) in [6.07, 6.45) is 0.251. The Labute approximate surface area is 190 Å². The van der Waals surface area contributed by atoms with Gasteiger partial charge in [0.15, 0.2) is 0 Å². The molecule has 3 rings (SSSR count). The molecule has 0 amide bonds. The highest BCUT2D eigenvalue weighted by atomic mass is 16.4. The van der Waals surface area contributed by atoms with Crippen LogP contribution in [-0.2, 0) is 14.4 Å². The van der Waals surface area contributed by atoms with Crippen molar-refractivity contribution in [3.63, 3.8) is 0 Å². The van der Waals surface area contributed by atoms with Crippen LogP contribution in [-0.4, -0.2) is 66.5 Å². The highest BCUT2D eigenvalue weighted by Gasteiger charge is 2.41. The number of carboxylic acids is 6. The fourth-order valence-corrected chi connectivity index (χ4v) is 3.92. The number of hydrogen-bond acceptors (Lipinski definition) is 6. The van der Waals surface area contributed by atoms with E-state index in [9.17, 15) is 28.8 Å². The van der Waals surface area contributed by atoms with Crippen LogP contribution in [0, 0.1) is 17.8 Å². The first-order valence-corrected chi connectivity index (χ1v) is 9.80. The van der Waals surface area contributed by atoms with Crippen molar-refractivity contribution in [2.75, 3.05) is 0 Å². The molecule has 1 fully saturated rings. The maximum Gasteiger partial charge on any atom is 0.337 e. The molecule has 0 aliphatic heterocycles. The summed E-state index contributed by atoms with van der Waals surface area (Å²) in [5, 5.41) is 54.1. The summed E-state index contributed by atoms with van der Waals surface area (Å²) in [6, 6.07) is 7.30. The van der Waals surface area contributed by atoms with Crippen LogP contribution in [0.25, 0.3) is 10.8 Å². The third kappa shape index (κ3) is 5.46. The number of benzene rings is 2. The van der Waals surface area contributed by atoms with Gasteiger partial charge >= 0.3 is 35.8 Å². The minimum atomic E-state index is -1.58. The molecule has 0 radical (unpaired) electrons. The molecule has 1 aliphatic carbocycles. The second-order valence-corrected chi connectivity index (χ2v) is 7.55. The van der Waals surface area contributed by atoms with Crippen molar-refractivity contribution >= 4 is 46.6 Å². The lowest BCUT2D eigenvalue weighted by Crippen LogP contribution is -2.37. The van der Waals surface area contributed by atoms with Gasteiger partial charge in [0.05, 0.1) is 34.4 Å². The van der Waals surface area contributed by atoms with Crippen LogP contribution in [0.1, 0.15) is 50.3 Å². The summed E-state index contributed by atoms with van der Waals surface area (Å²) in [4.78, 5) is 65.7. The molecule has 2 aromatic carbocycles. The van der Waals surface area contributed by atoms with Crippen molar-refractivity contribution in [3.05, 3.63) is 47.0 Å². The Hall–Kier alpha value is -4.48. The number of hydrogen-bond donors (Lipinski definition) is 6. The standard InChI is InChI=1S/C13H8O6.C9H12O6/c14-11(15)8-5-6-3-1-2-4-7(6)9(12(16)17)10(8)13(18)19;10-7(11)4-1-2-5(8(12)13)6(3-4)9(14)15/h1-5H,(H,14,15)(H,16,17)(H,18,19);4-6H,1-3H2,(H,10,11)(H,12,13)(H,14,15). The molecule has 180 valence electrons. The van der Waals surface area contributed by atoms with E-state index in [0.29, 0.717) is 5.39 Å². The molecule has 0 spiro atoms. The van der Waals surface area contributed by atoms with Crippen LogP contribution in [0.5, 0.6) is 0 Å². The molecule has 3 atom stereocenters. The molecule has 12 nitrogen and oxygen atoms in total. The van der Waals surface area contributed by atoms with Crippen LogP contribution >= 0.6 is 0 Å². The van der Waals surface area contributed by atoms with Crippen molar-refractivity contribution in [1.29, 1.82) is 0 Å². The number of carboxylic acid groups (broad SMARTS) is 6. The van der Waals surface area contributed by atoms with Gasteiger partial charge in [0, 0.05) is 0 Å². The smallest absolute Gasteiger partial charge is 0.337 e. The van der Waals surface area contributed by atoms with Gasteiger partial charge < -0.3 is 30.6 Å². The predicted molar refractivity (Wildman–Crippen MR) is 112 cm³/mol. The van der Waals surface area contributed by atoms with Gasteiger partial charge in [-0.3, -0.25) is 14.4 Å². The molecule has 0 bridgehead atoms. The molecular weight excluding hydrogens is 456 g/mol. The average molecular weight is 476 g/mol. The molecule has 0 saturated heterocycles. The number of rotatable bonds is 6. The van der Waals surface area contributed by atoms with Gasteiger partial charge in [0.2, 0.25) is 0 Å². The van der Waals surface area contributed by atoms with Crippen LogP contribution in [0.3, 0.4) is 0 Å². The van der Waals surface area contributed by atoms with Crippen molar-refractivity contribution in [3.8, 4) is 0 Å². The maximum atomic E-state index is 11.3. The molecule has 3 unspecified atom stereocenters. The molecule has 1 aliphatic rings.